The summed E-state index contributed by atoms with van der Waals surface area (Å²) in [5.41, 5.74) is -0.256. The number of carbonyl (C=O) groups is 2. The van der Waals surface area contributed by atoms with Crippen LogP contribution in [-0.2, 0) is 9.59 Å². The maximum absolute atomic E-state index is 12.3. The van der Waals surface area contributed by atoms with Gasteiger partial charge in [-0.05, 0) is 38.3 Å². The molecule has 104 valence electrons. The molecule has 1 atom stereocenters. The predicted molar refractivity (Wildman–Crippen MR) is 69.3 cm³/mol. The van der Waals surface area contributed by atoms with Gasteiger partial charge >= 0.3 is 5.97 Å². The van der Waals surface area contributed by atoms with Gasteiger partial charge in [0.05, 0.1) is 5.41 Å². The van der Waals surface area contributed by atoms with E-state index in [2.05, 4.69) is 10.6 Å². The summed E-state index contributed by atoms with van der Waals surface area (Å²) < 4.78 is 0. The number of carbonyl (C=O) groups excluding carboxylic acids is 1. The first-order valence-electron chi connectivity index (χ1n) is 6.71. The first-order chi connectivity index (χ1) is 8.50. The molecule has 0 aliphatic carbocycles. The fraction of sp³-hybridized carbons (Fsp3) is 0.846. The van der Waals surface area contributed by atoms with E-state index in [1.807, 2.05) is 13.8 Å². The van der Waals surface area contributed by atoms with Gasteiger partial charge in [0.2, 0.25) is 5.91 Å². The normalized spacial score (nSPS) is 20.1. The zero-order chi connectivity index (χ0) is 13.6. The third kappa shape index (κ3) is 3.98. The summed E-state index contributed by atoms with van der Waals surface area (Å²) in [5.74, 6) is -0.755. The van der Waals surface area contributed by atoms with Gasteiger partial charge in [0.15, 0.2) is 0 Å². The third-order valence-electron chi connectivity index (χ3n) is 3.85. The standard InChI is InChI=1S/C13H24N2O3/c1-3-13(4-6-14-7-5-13)12(18)15-9-10(2)8-11(16)17/h10,14H,3-9H2,1-2H3,(H,15,18)(H,16,17). The van der Waals surface area contributed by atoms with E-state index in [0.29, 0.717) is 6.54 Å². The van der Waals surface area contributed by atoms with E-state index in [0.717, 1.165) is 32.4 Å². The fourth-order valence-corrected chi connectivity index (χ4v) is 2.47. The van der Waals surface area contributed by atoms with Crippen molar-refractivity contribution in [2.45, 2.75) is 39.5 Å². The summed E-state index contributed by atoms with van der Waals surface area (Å²) in [6.45, 7) is 6.10. The van der Waals surface area contributed by atoms with E-state index in [1.54, 1.807) is 0 Å². The second-order valence-corrected chi connectivity index (χ2v) is 5.30. The van der Waals surface area contributed by atoms with Gasteiger partial charge < -0.3 is 15.7 Å². The summed E-state index contributed by atoms with van der Waals surface area (Å²) in [6.07, 6.45) is 2.67. The van der Waals surface area contributed by atoms with Crippen LogP contribution in [0.15, 0.2) is 0 Å². The minimum absolute atomic E-state index is 0.0259. The van der Waals surface area contributed by atoms with Gasteiger partial charge in [-0.3, -0.25) is 9.59 Å². The van der Waals surface area contributed by atoms with Gasteiger partial charge in [0.25, 0.3) is 0 Å². The Labute approximate surface area is 108 Å². The second-order valence-electron chi connectivity index (χ2n) is 5.30. The molecule has 1 aliphatic rings. The summed E-state index contributed by atoms with van der Waals surface area (Å²) in [7, 11) is 0. The van der Waals surface area contributed by atoms with Crippen LogP contribution in [0.4, 0.5) is 0 Å². The van der Waals surface area contributed by atoms with E-state index in [1.165, 1.54) is 0 Å². The Kier molecular flexibility index (Phi) is 5.59. The van der Waals surface area contributed by atoms with Gasteiger partial charge in [-0.25, -0.2) is 0 Å². The lowest BCUT2D eigenvalue weighted by Crippen LogP contribution is -2.48. The van der Waals surface area contributed by atoms with Crippen LogP contribution in [0.25, 0.3) is 0 Å². The van der Waals surface area contributed by atoms with Crippen molar-refractivity contribution in [3.05, 3.63) is 0 Å². The van der Waals surface area contributed by atoms with E-state index in [4.69, 9.17) is 5.11 Å². The molecular weight excluding hydrogens is 232 g/mol. The maximum atomic E-state index is 12.3. The average molecular weight is 256 g/mol. The second kappa shape index (κ2) is 6.73. The van der Waals surface area contributed by atoms with Crippen molar-refractivity contribution in [1.29, 1.82) is 0 Å². The predicted octanol–water partition coefficient (Wildman–Crippen LogP) is 0.993. The van der Waals surface area contributed by atoms with Gasteiger partial charge in [0, 0.05) is 13.0 Å². The number of rotatable bonds is 6. The SMILES string of the molecule is CCC1(C(=O)NCC(C)CC(=O)O)CCNCC1. The van der Waals surface area contributed by atoms with Crippen LogP contribution in [-0.4, -0.2) is 36.6 Å². The number of nitrogens with one attached hydrogen (secondary N) is 2. The summed E-state index contributed by atoms with van der Waals surface area (Å²) in [6, 6.07) is 0. The first kappa shape index (κ1) is 15.0. The number of hydrogen-bond donors (Lipinski definition) is 3. The van der Waals surface area contributed by atoms with Crippen LogP contribution in [0.2, 0.25) is 0 Å². The Morgan fingerprint density at radius 2 is 2.00 bits per heavy atom. The van der Waals surface area contributed by atoms with Crippen LogP contribution >= 0.6 is 0 Å². The molecule has 0 radical (unpaired) electrons. The molecule has 1 unspecified atom stereocenters. The summed E-state index contributed by atoms with van der Waals surface area (Å²) in [5, 5.41) is 14.9. The highest BCUT2D eigenvalue weighted by atomic mass is 16.4. The zero-order valence-electron chi connectivity index (χ0n) is 11.3. The molecule has 1 aliphatic heterocycles. The monoisotopic (exact) mass is 256 g/mol. The van der Waals surface area contributed by atoms with Crippen molar-refractivity contribution in [2.75, 3.05) is 19.6 Å². The number of carboxylic acid groups (broad SMARTS) is 1. The lowest BCUT2D eigenvalue weighted by atomic mass is 9.76. The van der Waals surface area contributed by atoms with Crippen LogP contribution < -0.4 is 10.6 Å². The molecule has 18 heavy (non-hydrogen) atoms. The molecule has 5 nitrogen and oxygen atoms in total. The number of amides is 1. The van der Waals surface area contributed by atoms with Crippen molar-refractivity contribution in [2.24, 2.45) is 11.3 Å². The van der Waals surface area contributed by atoms with E-state index in [-0.39, 0.29) is 23.7 Å². The van der Waals surface area contributed by atoms with E-state index in [9.17, 15) is 9.59 Å². The highest BCUT2D eigenvalue weighted by molar-refractivity contribution is 5.82. The topological polar surface area (TPSA) is 78.4 Å². The molecule has 1 amide bonds. The molecule has 5 heteroatoms. The third-order valence-corrected chi connectivity index (χ3v) is 3.85. The molecule has 0 aromatic rings. The van der Waals surface area contributed by atoms with Crippen molar-refractivity contribution in [3.8, 4) is 0 Å². The Morgan fingerprint density at radius 3 is 2.50 bits per heavy atom. The minimum Gasteiger partial charge on any atom is -0.481 e. The van der Waals surface area contributed by atoms with Crippen LogP contribution in [0.3, 0.4) is 0 Å². The quantitative estimate of drug-likeness (QED) is 0.662. The van der Waals surface area contributed by atoms with Crippen LogP contribution in [0, 0.1) is 11.3 Å². The van der Waals surface area contributed by atoms with Gasteiger partial charge in [-0.2, -0.15) is 0 Å². The molecule has 0 aromatic carbocycles. The van der Waals surface area contributed by atoms with Gasteiger partial charge in [0.1, 0.15) is 0 Å². The van der Waals surface area contributed by atoms with Gasteiger partial charge in [-0.1, -0.05) is 13.8 Å². The molecule has 0 spiro atoms. The molecule has 0 saturated carbocycles. The Balaban J connectivity index is 2.45. The molecular formula is C13H24N2O3. The number of carboxylic acids is 1. The Morgan fingerprint density at radius 1 is 1.39 bits per heavy atom. The minimum atomic E-state index is -0.816. The van der Waals surface area contributed by atoms with Crippen molar-refractivity contribution >= 4 is 11.9 Å². The van der Waals surface area contributed by atoms with Crippen molar-refractivity contribution in [3.63, 3.8) is 0 Å². The first-order valence-corrected chi connectivity index (χ1v) is 6.71. The Bertz CT molecular complexity index is 299. The molecule has 3 N–H and O–H groups in total. The number of aliphatic carboxylic acids is 1. The molecule has 0 aromatic heterocycles. The van der Waals surface area contributed by atoms with Crippen molar-refractivity contribution < 1.29 is 14.7 Å². The Hall–Kier alpha value is -1.10. The zero-order valence-corrected chi connectivity index (χ0v) is 11.3. The average Bonchev–Trinajstić information content (AvgIpc) is 2.36. The maximum Gasteiger partial charge on any atom is 0.303 e. The smallest absolute Gasteiger partial charge is 0.303 e. The van der Waals surface area contributed by atoms with Crippen LogP contribution in [0.5, 0.6) is 0 Å². The van der Waals surface area contributed by atoms with E-state index >= 15 is 0 Å². The lowest BCUT2D eigenvalue weighted by Gasteiger charge is -2.35. The van der Waals surface area contributed by atoms with Gasteiger partial charge in [-0.15, -0.1) is 0 Å². The highest BCUT2D eigenvalue weighted by Gasteiger charge is 2.37. The van der Waals surface area contributed by atoms with Crippen LogP contribution in [0.1, 0.15) is 39.5 Å². The number of piperidine rings is 1. The fourth-order valence-electron chi connectivity index (χ4n) is 2.47. The van der Waals surface area contributed by atoms with E-state index < -0.39 is 5.97 Å². The molecule has 1 fully saturated rings. The molecule has 0 bridgehead atoms. The summed E-state index contributed by atoms with van der Waals surface area (Å²) >= 11 is 0. The lowest BCUT2D eigenvalue weighted by molar-refractivity contribution is -0.138. The van der Waals surface area contributed by atoms with Crippen molar-refractivity contribution in [1.82, 2.24) is 10.6 Å². The number of hydrogen-bond acceptors (Lipinski definition) is 3. The summed E-state index contributed by atoms with van der Waals surface area (Å²) in [4.78, 5) is 22.8. The molecule has 1 rings (SSSR count). The molecule has 1 saturated heterocycles. The molecule has 1 heterocycles. The largest absolute Gasteiger partial charge is 0.481 e. The highest BCUT2D eigenvalue weighted by Crippen LogP contribution is 2.32.